The SMILES string of the molecule is CC(NCCN(C)C(C)C)c1ccc2c(c1)NC(=O)CO2. The summed E-state index contributed by atoms with van der Waals surface area (Å²) in [7, 11) is 2.13. The maximum atomic E-state index is 11.4. The van der Waals surface area contributed by atoms with Gasteiger partial charge in [-0.1, -0.05) is 6.07 Å². The van der Waals surface area contributed by atoms with Gasteiger partial charge < -0.3 is 20.3 Å². The standard InChI is InChI=1S/C16H25N3O2/c1-11(2)19(4)8-7-17-12(3)13-5-6-15-14(9-13)18-16(20)10-21-15/h5-6,9,11-12,17H,7-8,10H2,1-4H3,(H,18,20). The van der Waals surface area contributed by atoms with Gasteiger partial charge in [0.05, 0.1) is 5.69 Å². The van der Waals surface area contributed by atoms with Crippen LogP contribution in [0.15, 0.2) is 18.2 Å². The number of carbonyl (C=O) groups excluding carboxylic acids is 1. The first-order valence-electron chi connectivity index (χ1n) is 7.47. The Bertz CT molecular complexity index is 502. The van der Waals surface area contributed by atoms with E-state index < -0.39 is 0 Å². The van der Waals surface area contributed by atoms with Gasteiger partial charge in [0, 0.05) is 25.2 Å². The summed E-state index contributed by atoms with van der Waals surface area (Å²) in [4.78, 5) is 13.7. The molecule has 21 heavy (non-hydrogen) atoms. The Morgan fingerprint density at radius 1 is 1.38 bits per heavy atom. The lowest BCUT2D eigenvalue weighted by Gasteiger charge is -2.23. The number of hydrogen-bond donors (Lipinski definition) is 2. The largest absolute Gasteiger partial charge is 0.482 e. The Morgan fingerprint density at radius 2 is 2.14 bits per heavy atom. The van der Waals surface area contributed by atoms with Crippen molar-refractivity contribution in [1.82, 2.24) is 10.2 Å². The van der Waals surface area contributed by atoms with Crippen molar-refractivity contribution in [2.24, 2.45) is 0 Å². The Labute approximate surface area is 126 Å². The van der Waals surface area contributed by atoms with Gasteiger partial charge in [-0.25, -0.2) is 0 Å². The monoisotopic (exact) mass is 291 g/mol. The normalized spacial score (nSPS) is 15.6. The molecular formula is C16H25N3O2. The first-order valence-corrected chi connectivity index (χ1v) is 7.47. The molecule has 1 aromatic rings. The fourth-order valence-corrected chi connectivity index (χ4v) is 2.20. The van der Waals surface area contributed by atoms with E-state index in [1.807, 2.05) is 18.2 Å². The zero-order chi connectivity index (χ0) is 15.4. The molecule has 0 spiro atoms. The number of nitrogens with zero attached hydrogens (tertiary/aromatic N) is 1. The van der Waals surface area contributed by atoms with Crippen molar-refractivity contribution in [1.29, 1.82) is 0 Å². The van der Waals surface area contributed by atoms with Gasteiger partial charge in [0.1, 0.15) is 5.75 Å². The van der Waals surface area contributed by atoms with Gasteiger partial charge in [0.25, 0.3) is 5.91 Å². The van der Waals surface area contributed by atoms with Crippen molar-refractivity contribution >= 4 is 11.6 Å². The van der Waals surface area contributed by atoms with Crippen LogP contribution in [0.3, 0.4) is 0 Å². The molecule has 1 amide bonds. The summed E-state index contributed by atoms with van der Waals surface area (Å²) >= 11 is 0. The number of anilines is 1. The van der Waals surface area contributed by atoms with Crippen LogP contribution < -0.4 is 15.4 Å². The molecule has 1 aliphatic heterocycles. The highest BCUT2D eigenvalue weighted by Crippen LogP contribution is 2.30. The molecule has 2 N–H and O–H groups in total. The second kappa shape index (κ2) is 6.91. The van der Waals surface area contributed by atoms with E-state index in [0.717, 1.165) is 30.1 Å². The van der Waals surface area contributed by atoms with Crippen molar-refractivity contribution in [3.63, 3.8) is 0 Å². The summed E-state index contributed by atoms with van der Waals surface area (Å²) in [6.45, 7) is 8.54. The van der Waals surface area contributed by atoms with Gasteiger partial charge in [0.15, 0.2) is 6.61 Å². The zero-order valence-corrected chi connectivity index (χ0v) is 13.3. The average molecular weight is 291 g/mol. The van der Waals surface area contributed by atoms with Gasteiger partial charge >= 0.3 is 0 Å². The summed E-state index contributed by atoms with van der Waals surface area (Å²) in [5, 5.41) is 6.35. The second-order valence-electron chi connectivity index (χ2n) is 5.84. The zero-order valence-electron chi connectivity index (χ0n) is 13.3. The maximum Gasteiger partial charge on any atom is 0.262 e. The van der Waals surface area contributed by atoms with E-state index in [4.69, 9.17) is 4.74 Å². The van der Waals surface area contributed by atoms with Gasteiger partial charge in [-0.3, -0.25) is 4.79 Å². The van der Waals surface area contributed by atoms with Crippen LogP contribution in [0.1, 0.15) is 32.4 Å². The van der Waals surface area contributed by atoms with Crippen molar-refractivity contribution in [2.75, 3.05) is 32.1 Å². The third-order valence-corrected chi connectivity index (χ3v) is 3.93. The number of nitrogens with one attached hydrogen (secondary N) is 2. The smallest absolute Gasteiger partial charge is 0.262 e. The third kappa shape index (κ3) is 4.19. The highest BCUT2D eigenvalue weighted by molar-refractivity contribution is 5.95. The molecule has 1 atom stereocenters. The first-order chi connectivity index (χ1) is 9.97. The average Bonchev–Trinajstić information content (AvgIpc) is 2.45. The highest BCUT2D eigenvalue weighted by atomic mass is 16.5. The van der Waals surface area contributed by atoms with Gasteiger partial charge in [-0.15, -0.1) is 0 Å². The molecule has 0 aromatic heterocycles. The van der Waals surface area contributed by atoms with E-state index in [1.54, 1.807) is 0 Å². The molecule has 5 nitrogen and oxygen atoms in total. The molecule has 0 fully saturated rings. The minimum Gasteiger partial charge on any atom is -0.482 e. The van der Waals surface area contributed by atoms with Crippen molar-refractivity contribution in [2.45, 2.75) is 32.9 Å². The third-order valence-electron chi connectivity index (χ3n) is 3.93. The summed E-state index contributed by atoms with van der Waals surface area (Å²) in [6, 6.07) is 6.73. The predicted octanol–water partition coefficient (Wildman–Crippen LogP) is 2.01. The quantitative estimate of drug-likeness (QED) is 0.842. The number of amides is 1. The van der Waals surface area contributed by atoms with E-state index in [-0.39, 0.29) is 18.6 Å². The van der Waals surface area contributed by atoms with E-state index in [0.29, 0.717) is 6.04 Å². The van der Waals surface area contributed by atoms with Crippen molar-refractivity contribution in [3.8, 4) is 5.75 Å². The van der Waals surface area contributed by atoms with Crippen LogP contribution in [0, 0.1) is 0 Å². The molecule has 1 aliphatic rings. The van der Waals surface area contributed by atoms with E-state index in [1.165, 1.54) is 0 Å². The number of likely N-dealkylation sites (N-methyl/N-ethyl adjacent to an activating group) is 1. The predicted molar refractivity (Wildman–Crippen MR) is 84.8 cm³/mol. The van der Waals surface area contributed by atoms with E-state index in [9.17, 15) is 4.79 Å². The molecule has 116 valence electrons. The maximum absolute atomic E-state index is 11.4. The number of hydrogen-bond acceptors (Lipinski definition) is 4. The fourth-order valence-electron chi connectivity index (χ4n) is 2.20. The van der Waals surface area contributed by atoms with Crippen LogP contribution in [0.5, 0.6) is 5.75 Å². The second-order valence-corrected chi connectivity index (χ2v) is 5.84. The van der Waals surface area contributed by atoms with E-state index >= 15 is 0 Å². The number of ether oxygens (including phenoxy) is 1. The van der Waals surface area contributed by atoms with Gasteiger partial charge in [-0.2, -0.15) is 0 Å². The van der Waals surface area contributed by atoms with Crippen LogP contribution in [-0.2, 0) is 4.79 Å². The van der Waals surface area contributed by atoms with Crippen molar-refractivity contribution < 1.29 is 9.53 Å². The summed E-state index contributed by atoms with van der Waals surface area (Å²) < 4.78 is 5.37. The number of rotatable bonds is 6. The topological polar surface area (TPSA) is 53.6 Å². The molecule has 5 heteroatoms. The molecular weight excluding hydrogens is 266 g/mol. The lowest BCUT2D eigenvalue weighted by atomic mass is 10.1. The molecule has 1 unspecified atom stereocenters. The van der Waals surface area contributed by atoms with E-state index in [2.05, 4.69) is 43.4 Å². The molecule has 0 saturated carbocycles. The lowest BCUT2D eigenvalue weighted by molar-refractivity contribution is -0.118. The van der Waals surface area contributed by atoms with Gasteiger partial charge in [0.2, 0.25) is 0 Å². The highest BCUT2D eigenvalue weighted by Gasteiger charge is 2.17. The van der Waals surface area contributed by atoms with Crippen LogP contribution in [0.2, 0.25) is 0 Å². The van der Waals surface area contributed by atoms with Crippen molar-refractivity contribution in [3.05, 3.63) is 23.8 Å². The summed E-state index contributed by atoms with van der Waals surface area (Å²) in [5.74, 6) is 0.643. The van der Waals surface area contributed by atoms with Crippen LogP contribution in [0.4, 0.5) is 5.69 Å². The van der Waals surface area contributed by atoms with Crippen LogP contribution in [0.25, 0.3) is 0 Å². The molecule has 0 aliphatic carbocycles. The molecule has 1 aromatic carbocycles. The number of carbonyl (C=O) groups is 1. The first kappa shape index (κ1) is 15.8. The Hall–Kier alpha value is -1.59. The van der Waals surface area contributed by atoms with Gasteiger partial charge in [-0.05, 0) is 45.5 Å². The summed E-state index contributed by atoms with van der Waals surface area (Å²) in [6.07, 6.45) is 0. The molecule has 0 bridgehead atoms. The molecule has 1 heterocycles. The Balaban J connectivity index is 1.92. The number of fused-ring (bicyclic) bond motifs is 1. The minimum atomic E-state index is -0.0983. The number of benzene rings is 1. The van der Waals surface area contributed by atoms with Crippen LogP contribution in [-0.4, -0.2) is 43.6 Å². The molecule has 2 rings (SSSR count). The fraction of sp³-hybridized carbons (Fsp3) is 0.562. The molecule has 0 saturated heterocycles. The Morgan fingerprint density at radius 3 is 2.86 bits per heavy atom. The van der Waals surface area contributed by atoms with Crippen LogP contribution >= 0.6 is 0 Å². The lowest BCUT2D eigenvalue weighted by Crippen LogP contribution is -2.34. The summed E-state index contributed by atoms with van der Waals surface area (Å²) in [5.41, 5.74) is 1.91. The minimum absolute atomic E-state index is 0.0983. The molecule has 0 radical (unpaired) electrons. The Kier molecular flexibility index (Phi) is 5.20.